The Morgan fingerprint density at radius 2 is 1.80 bits per heavy atom. The third-order valence-corrected chi connectivity index (χ3v) is 5.87. The fourth-order valence-corrected chi connectivity index (χ4v) is 4.01. The largest absolute Gasteiger partial charge is 0.271 e. The van der Waals surface area contributed by atoms with E-state index in [1.165, 1.54) is 36.5 Å². The van der Waals surface area contributed by atoms with Crippen molar-refractivity contribution in [1.82, 2.24) is 10.4 Å². The molecule has 1 aromatic heterocycles. The summed E-state index contributed by atoms with van der Waals surface area (Å²) in [6.45, 7) is 1.16. The number of nitrogens with zero attached hydrogens (tertiary/aromatic N) is 3. The van der Waals surface area contributed by atoms with Crippen LogP contribution in [-0.2, 0) is 14.8 Å². The average Bonchev–Trinajstić information content (AvgIpc) is 2.74. The third kappa shape index (κ3) is 5.06. The Labute approximate surface area is 173 Å². The van der Waals surface area contributed by atoms with E-state index in [0.717, 1.165) is 15.9 Å². The van der Waals surface area contributed by atoms with Gasteiger partial charge in [-0.3, -0.25) is 14.1 Å². The van der Waals surface area contributed by atoms with Crippen LogP contribution in [0, 0.1) is 12.7 Å². The van der Waals surface area contributed by atoms with Gasteiger partial charge < -0.3 is 0 Å². The number of nitrogens with one attached hydrogen (secondary N) is 1. The van der Waals surface area contributed by atoms with Crippen LogP contribution in [0.15, 0.2) is 82.9 Å². The Kier molecular flexibility index (Phi) is 6.53. The number of benzene rings is 2. The number of aryl methyl sites for hydroxylation is 1. The van der Waals surface area contributed by atoms with Crippen LogP contribution >= 0.6 is 0 Å². The van der Waals surface area contributed by atoms with Gasteiger partial charge in [0.2, 0.25) is 0 Å². The number of hydrogen-bond donors (Lipinski definition) is 1. The lowest BCUT2D eigenvalue weighted by molar-refractivity contribution is -0.119. The first-order chi connectivity index (χ1) is 14.4. The van der Waals surface area contributed by atoms with E-state index in [1.54, 1.807) is 36.5 Å². The number of hydrogen-bond acceptors (Lipinski definition) is 5. The molecule has 0 aliphatic heterocycles. The van der Waals surface area contributed by atoms with E-state index in [2.05, 4.69) is 15.5 Å². The summed E-state index contributed by atoms with van der Waals surface area (Å²) in [6.07, 6.45) is 2.89. The van der Waals surface area contributed by atoms with Gasteiger partial charge in [-0.05, 0) is 43.3 Å². The number of rotatable bonds is 7. The van der Waals surface area contributed by atoms with Gasteiger partial charge in [-0.1, -0.05) is 35.9 Å². The van der Waals surface area contributed by atoms with Gasteiger partial charge >= 0.3 is 0 Å². The first-order valence-corrected chi connectivity index (χ1v) is 10.4. The Morgan fingerprint density at radius 1 is 1.10 bits per heavy atom. The Balaban J connectivity index is 1.87. The summed E-state index contributed by atoms with van der Waals surface area (Å²) in [5.41, 5.74) is 3.39. The van der Waals surface area contributed by atoms with E-state index in [4.69, 9.17) is 0 Å². The van der Waals surface area contributed by atoms with Gasteiger partial charge in [0.05, 0.1) is 22.5 Å². The highest BCUT2D eigenvalue weighted by atomic mass is 32.2. The number of carbonyl (C=O) groups is 1. The summed E-state index contributed by atoms with van der Waals surface area (Å²) in [4.78, 5) is 16.4. The van der Waals surface area contributed by atoms with Crippen molar-refractivity contribution in [2.24, 2.45) is 5.10 Å². The fourth-order valence-electron chi connectivity index (χ4n) is 2.58. The number of halogens is 1. The number of pyridine rings is 1. The predicted molar refractivity (Wildman–Crippen MR) is 112 cm³/mol. The number of para-hydroxylation sites is 1. The standard InChI is InChI=1S/C21H19FN4O3S/c1-16-9-11-18(12-10-16)30(28,29)26(20-8-3-2-7-19(20)22)15-21(27)25-24-14-17-6-4-5-13-23-17/h2-14H,15H2,1H3,(H,25,27). The van der Waals surface area contributed by atoms with Gasteiger partial charge in [0.15, 0.2) is 0 Å². The molecule has 0 atom stereocenters. The van der Waals surface area contributed by atoms with Crippen molar-refractivity contribution in [3.63, 3.8) is 0 Å². The number of amides is 1. The van der Waals surface area contributed by atoms with Crippen LogP contribution in [0.25, 0.3) is 0 Å². The minimum absolute atomic E-state index is 0.0545. The highest BCUT2D eigenvalue weighted by molar-refractivity contribution is 7.92. The number of anilines is 1. The van der Waals surface area contributed by atoms with Gasteiger partial charge in [-0.25, -0.2) is 18.2 Å². The minimum Gasteiger partial charge on any atom is -0.271 e. The Morgan fingerprint density at radius 3 is 2.47 bits per heavy atom. The molecular weight excluding hydrogens is 407 g/mol. The molecule has 0 fully saturated rings. The summed E-state index contributed by atoms with van der Waals surface area (Å²) >= 11 is 0. The molecule has 1 amide bonds. The van der Waals surface area contributed by atoms with E-state index < -0.39 is 28.3 Å². The van der Waals surface area contributed by atoms with Gasteiger partial charge in [0.1, 0.15) is 12.4 Å². The molecule has 0 unspecified atom stereocenters. The molecule has 7 nitrogen and oxygen atoms in total. The van der Waals surface area contributed by atoms with Crippen molar-refractivity contribution in [1.29, 1.82) is 0 Å². The molecular formula is C21H19FN4O3S. The van der Waals surface area contributed by atoms with Crippen molar-refractivity contribution in [2.75, 3.05) is 10.8 Å². The molecule has 0 aliphatic carbocycles. The maximum Gasteiger partial charge on any atom is 0.264 e. The summed E-state index contributed by atoms with van der Waals surface area (Å²) in [6, 6.07) is 16.6. The van der Waals surface area contributed by atoms with E-state index in [9.17, 15) is 17.6 Å². The quantitative estimate of drug-likeness (QED) is 0.465. The van der Waals surface area contributed by atoms with E-state index in [1.807, 2.05) is 6.92 Å². The highest BCUT2D eigenvalue weighted by Crippen LogP contribution is 2.26. The molecule has 0 spiro atoms. The van der Waals surface area contributed by atoms with Gasteiger partial charge in [0, 0.05) is 6.20 Å². The second kappa shape index (κ2) is 9.27. The predicted octanol–water partition coefficient (Wildman–Crippen LogP) is 2.87. The molecule has 9 heteroatoms. The van der Waals surface area contributed by atoms with Crippen LogP contribution in [0.1, 0.15) is 11.3 Å². The van der Waals surface area contributed by atoms with Crippen LogP contribution in [0.5, 0.6) is 0 Å². The molecule has 1 heterocycles. The molecule has 0 bridgehead atoms. The molecule has 3 rings (SSSR count). The molecule has 2 aromatic carbocycles. The van der Waals surface area contributed by atoms with E-state index in [0.29, 0.717) is 5.69 Å². The van der Waals surface area contributed by atoms with E-state index in [-0.39, 0.29) is 10.6 Å². The van der Waals surface area contributed by atoms with Crippen molar-refractivity contribution in [3.8, 4) is 0 Å². The zero-order valence-electron chi connectivity index (χ0n) is 16.1. The molecule has 30 heavy (non-hydrogen) atoms. The van der Waals surface area contributed by atoms with E-state index >= 15 is 0 Å². The molecule has 3 aromatic rings. The van der Waals surface area contributed by atoms with Crippen LogP contribution < -0.4 is 9.73 Å². The monoisotopic (exact) mass is 426 g/mol. The Bertz CT molecular complexity index is 1150. The third-order valence-electron chi connectivity index (χ3n) is 4.09. The van der Waals surface area contributed by atoms with Crippen molar-refractivity contribution < 1.29 is 17.6 Å². The summed E-state index contributed by atoms with van der Waals surface area (Å²) in [7, 11) is -4.20. The normalized spacial score (nSPS) is 11.4. The molecule has 0 aliphatic rings. The van der Waals surface area contributed by atoms with Crippen LogP contribution in [0.3, 0.4) is 0 Å². The smallest absolute Gasteiger partial charge is 0.264 e. The lowest BCUT2D eigenvalue weighted by Crippen LogP contribution is -2.40. The minimum atomic E-state index is -4.20. The zero-order chi connectivity index (χ0) is 21.6. The first kappa shape index (κ1) is 21.1. The number of hydrazone groups is 1. The molecule has 0 saturated carbocycles. The lowest BCUT2D eigenvalue weighted by Gasteiger charge is -2.24. The topological polar surface area (TPSA) is 91.7 Å². The Hall–Kier alpha value is -3.59. The molecule has 0 saturated heterocycles. The van der Waals surface area contributed by atoms with Crippen LogP contribution in [0.2, 0.25) is 0 Å². The average molecular weight is 426 g/mol. The second-order valence-corrected chi connectivity index (χ2v) is 8.19. The van der Waals surface area contributed by atoms with Crippen molar-refractivity contribution in [3.05, 3.63) is 90.0 Å². The SMILES string of the molecule is Cc1ccc(S(=O)(=O)N(CC(=O)NN=Cc2ccccn2)c2ccccc2F)cc1. The maximum atomic E-state index is 14.4. The fraction of sp³-hybridized carbons (Fsp3) is 0.0952. The van der Waals surface area contributed by atoms with Crippen molar-refractivity contribution in [2.45, 2.75) is 11.8 Å². The molecule has 154 valence electrons. The lowest BCUT2D eigenvalue weighted by atomic mass is 10.2. The summed E-state index contributed by atoms with van der Waals surface area (Å²) in [5, 5.41) is 3.77. The summed E-state index contributed by atoms with van der Waals surface area (Å²) in [5.74, 6) is -1.50. The molecule has 0 radical (unpaired) electrons. The highest BCUT2D eigenvalue weighted by Gasteiger charge is 2.29. The molecule has 1 N–H and O–H groups in total. The van der Waals surface area contributed by atoms with Gasteiger partial charge in [-0.15, -0.1) is 0 Å². The first-order valence-electron chi connectivity index (χ1n) is 8.95. The number of aromatic nitrogens is 1. The van der Waals surface area contributed by atoms with Gasteiger partial charge in [-0.2, -0.15) is 5.10 Å². The second-order valence-electron chi connectivity index (χ2n) is 6.32. The number of carbonyl (C=O) groups excluding carboxylic acids is 1. The maximum absolute atomic E-state index is 14.4. The van der Waals surface area contributed by atoms with Crippen LogP contribution in [-0.4, -0.2) is 32.1 Å². The van der Waals surface area contributed by atoms with Gasteiger partial charge in [0.25, 0.3) is 15.9 Å². The zero-order valence-corrected chi connectivity index (χ0v) is 16.9. The van der Waals surface area contributed by atoms with Crippen molar-refractivity contribution >= 4 is 27.8 Å². The van der Waals surface area contributed by atoms with Crippen LogP contribution in [0.4, 0.5) is 10.1 Å². The number of sulfonamides is 1. The summed E-state index contributed by atoms with van der Waals surface area (Å²) < 4.78 is 41.4.